The summed E-state index contributed by atoms with van der Waals surface area (Å²) in [5.74, 6) is 0. The molecule has 0 fully saturated rings. The Labute approximate surface area is 102 Å². The molecule has 2 aromatic rings. The molecule has 0 saturated carbocycles. The fraction of sp³-hybridized carbons (Fsp3) is 0.400. The number of ether oxygens (including phenoxy) is 1. The molecule has 2 heterocycles. The maximum Gasteiger partial charge on any atom is 0.115 e. The van der Waals surface area contributed by atoms with E-state index in [1.807, 2.05) is 23.3 Å². The van der Waals surface area contributed by atoms with Gasteiger partial charge in [-0.2, -0.15) is 0 Å². The molecule has 0 aliphatic carbocycles. The monoisotopic (exact) mass is 255 g/mol. The van der Waals surface area contributed by atoms with Crippen molar-refractivity contribution < 1.29 is 4.74 Å². The highest BCUT2D eigenvalue weighted by Gasteiger charge is 2.17. The maximum absolute atomic E-state index is 5.04. The molecular weight excluding hydrogens is 242 g/mol. The molecule has 0 bridgehead atoms. The normalized spacial score (nSPS) is 12.8. The molecule has 4 nitrogen and oxygen atoms in total. The average molecular weight is 255 g/mol. The number of aromatic nitrogens is 2. The summed E-state index contributed by atoms with van der Waals surface area (Å²) in [4.78, 5) is 9.64. The first-order chi connectivity index (χ1) is 7.92. The summed E-state index contributed by atoms with van der Waals surface area (Å²) in [6.45, 7) is 1.50. The van der Waals surface area contributed by atoms with Crippen LogP contribution in [0.15, 0.2) is 23.3 Å². The van der Waals surface area contributed by atoms with E-state index in [2.05, 4.69) is 15.3 Å². The van der Waals surface area contributed by atoms with E-state index in [4.69, 9.17) is 4.74 Å². The van der Waals surface area contributed by atoms with E-state index < -0.39 is 0 Å². The third-order valence-corrected chi connectivity index (χ3v) is 3.77. The second-order valence-corrected chi connectivity index (χ2v) is 5.00. The van der Waals surface area contributed by atoms with E-state index in [1.165, 1.54) is 4.88 Å². The SMILES string of the molecule is COCCNC(c1cncs1)c1nccs1. The van der Waals surface area contributed by atoms with E-state index in [1.54, 1.807) is 29.8 Å². The minimum atomic E-state index is 0.141. The lowest BCUT2D eigenvalue weighted by atomic mass is 10.2. The highest BCUT2D eigenvalue weighted by atomic mass is 32.1. The van der Waals surface area contributed by atoms with Crippen molar-refractivity contribution in [3.8, 4) is 0 Å². The maximum atomic E-state index is 5.04. The molecule has 0 radical (unpaired) electrons. The van der Waals surface area contributed by atoms with Crippen molar-refractivity contribution in [2.75, 3.05) is 20.3 Å². The van der Waals surface area contributed by atoms with Gasteiger partial charge < -0.3 is 10.1 Å². The Hall–Kier alpha value is -0.820. The molecule has 1 N–H and O–H groups in total. The van der Waals surface area contributed by atoms with Crippen LogP contribution in [-0.2, 0) is 4.74 Å². The van der Waals surface area contributed by atoms with Gasteiger partial charge in [-0.25, -0.2) is 4.98 Å². The predicted molar refractivity (Wildman–Crippen MR) is 65.9 cm³/mol. The summed E-state index contributed by atoms with van der Waals surface area (Å²) in [5.41, 5.74) is 1.84. The lowest BCUT2D eigenvalue weighted by Gasteiger charge is -2.13. The highest BCUT2D eigenvalue weighted by Crippen LogP contribution is 2.25. The van der Waals surface area contributed by atoms with Crippen LogP contribution in [0.4, 0.5) is 0 Å². The minimum absolute atomic E-state index is 0.141. The van der Waals surface area contributed by atoms with Gasteiger partial charge in [-0.05, 0) is 0 Å². The lowest BCUT2D eigenvalue weighted by Crippen LogP contribution is -2.25. The van der Waals surface area contributed by atoms with Crippen LogP contribution in [0.25, 0.3) is 0 Å². The van der Waals surface area contributed by atoms with Crippen LogP contribution in [0.1, 0.15) is 15.9 Å². The molecule has 1 atom stereocenters. The zero-order chi connectivity index (χ0) is 11.2. The predicted octanol–water partition coefficient (Wildman–Crippen LogP) is 1.93. The molecule has 6 heteroatoms. The summed E-state index contributed by atoms with van der Waals surface area (Å²) in [6, 6.07) is 0.141. The van der Waals surface area contributed by atoms with Crippen molar-refractivity contribution in [2.45, 2.75) is 6.04 Å². The fourth-order valence-corrected chi connectivity index (χ4v) is 2.86. The molecule has 0 aliphatic rings. The second-order valence-electron chi connectivity index (χ2n) is 3.15. The van der Waals surface area contributed by atoms with Gasteiger partial charge in [0, 0.05) is 36.3 Å². The quantitative estimate of drug-likeness (QED) is 0.801. The number of hydrogen-bond acceptors (Lipinski definition) is 6. The third-order valence-electron chi connectivity index (χ3n) is 2.09. The van der Waals surface area contributed by atoms with E-state index in [0.29, 0.717) is 6.61 Å². The summed E-state index contributed by atoms with van der Waals surface area (Å²) >= 11 is 3.29. The van der Waals surface area contributed by atoms with Gasteiger partial charge in [0.1, 0.15) is 5.01 Å². The zero-order valence-electron chi connectivity index (χ0n) is 8.92. The van der Waals surface area contributed by atoms with Crippen molar-refractivity contribution in [3.63, 3.8) is 0 Å². The molecule has 0 aromatic carbocycles. The number of methoxy groups -OCH3 is 1. The fourth-order valence-electron chi connectivity index (χ4n) is 1.36. The van der Waals surface area contributed by atoms with Crippen LogP contribution in [0, 0.1) is 0 Å². The molecular formula is C10H13N3OS2. The van der Waals surface area contributed by atoms with Crippen molar-refractivity contribution in [1.29, 1.82) is 0 Å². The van der Waals surface area contributed by atoms with Crippen molar-refractivity contribution in [3.05, 3.63) is 33.2 Å². The van der Waals surface area contributed by atoms with Crippen molar-refractivity contribution >= 4 is 22.7 Å². The van der Waals surface area contributed by atoms with Gasteiger partial charge in [-0.15, -0.1) is 22.7 Å². The molecule has 86 valence electrons. The van der Waals surface area contributed by atoms with Gasteiger partial charge >= 0.3 is 0 Å². The van der Waals surface area contributed by atoms with Gasteiger partial charge in [0.15, 0.2) is 0 Å². The van der Waals surface area contributed by atoms with Crippen LogP contribution in [-0.4, -0.2) is 30.2 Å². The van der Waals surface area contributed by atoms with E-state index >= 15 is 0 Å². The van der Waals surface area contributed by atoms with E-state index in [0.717, 1.165) is 11.6 Å². The Morgan fingerprint density at radius 1 is 1.50 bits per heavy atom. The number of nitrogens with one attached hydrogen (secondary N) is 1. The average Bonchev–Trinajstić information content (AvgIpc) is 2.97. The van der Waals surface area contributed by atoms with Gasteiger partial charge in [0.05, 0.1) is 18.2 Å². The first kappa shape index (κ1) is 11.7. The van der Waals surface area contributed by atoms with Crippen LogP contribution in [0.3, 0.4) is 0 Å². The number of thiazole rings is 2. The van der Waals surface area contributed by atoms with Crippen LogP contribution in [0.5, 0.6) is 0 Å². The summed E-state index contributed by atoms with van der Waals surface area (Å²) in [7, 11) is 1.70. The highest BCUT2D eigenvalue weighted by molar-refractivity contribution is 7.11. The summed E-state index contributed by atoms with van der Waals surface area (Å²) < 4.78 is 5.04. The minimum Gasteiger partial charge on any atom is -0.383 e. The molecule has 0 amide bonds. The molecule has 2 rings (SSSR count). The largest absolute Gasteiger partial charge is 0.383 e. The smallest absolute Gasteiger partial charge is 0.115 e. The molecule has 2 aromatic heterocycles. The lowest BCUT2D eigenvalue weighted by molar-refractivity contribution is 0.197. The third kappa shape index (κ3) is 2.85. The molecule has 0 spiro atoms. The molecule has 0 aliphatic heterocycles. The first-order valence-corrected chi connectivity index (χ1v) is 6.68. The number of hydrogen-bond donors (Lipinski definition) is 1. The summed E-state index contributed by atoms with van der Waals surface area (Å²) in [5, 5.41) is 6.48. The van der Waals surface area contributed by atoms with Crippen LogP contribution >= 0.6 is 22.7 Å². The zero-order valence-corrected chi connectivity index (χ0v) is 10.6. The van der Waals surface area contributed by atoms with Crippen molar-refractivity contribution in [1.82, 2.24) is 15.3 Å². The summed E-state index contributed by atoms with van der Waals surface area (Å²) in [6.07, 6.45) is 3.71. The van der Waals surface area contributed by atoms with Gasteiger partial charge in [-0.1, -0.05) is 0 Å². The molecule has 0 saturated heterocycles. The van der Waals surface area contributed by atoms with Crippen LogP contribution in [0.2, 0.25) is 0 Å². The Balaban J connectivity index is 2.08. The molecule has 1 unspecified atom stereocenters. The van der Waals surface area contributed by atoms with Crippen molar-refractivity contribution in [2.24, 2.45) is 0 Å². The van der Waals surface area contributed by atoms with Gasteiger partial charge in [0.2, 0.25) is 0 Å². The number of nitrogens with zero attached hydrogens (tertiary/aromatic N) is 2. The van der Waals surface area contributed by atoms with E-state index in [-0.39, 0.29) is 6.04 Å². The first-order valence-electron chi connectivity index (χ1n) is 4.92. The standard InChI is InChI=1S/C10H13N3OS2/c1-14-4-2-12-9(8-6-11-7-16-8)10-13-3-5-15-10/h3,5-7,9,12H,2,4H2,1H3. The van der Waals surface area contributed by atoms with Crippen LogP contribution < -0.4 is 5.32 Å². The Morgan fingerprint density at radius 3 is 3.06 bits per heavy atom. The van der Waals surface area contributed by atoms with E-state index in [9.17, 15) is 0 Å². The topological polar surface area (TPSA) is 47.0 Å². The number of rotatable bonds is 6. The second kappa shape index (κ2) is 6.05. The Kier molecular flexibility index (Phi) is 4.41. The Bertz CT molecular complexity index is 354. The van der Waals surface area contributed by atoms with Gasteiger partial charge in [-0.3, -0.25) is 4.98 Å². The Morgan fingerprint density at radius 2 is 2.44 bits per heavy atom. The molecule has 16 heavy (non-hydrogen) atoms. The van der Waals surface area contributed by atoms with Gasteiger partial charge in [0.25, 0.3) is 0 Å².